The van der Waals surface area contributed by atoms with E-state index in [2.05, 4.69) is 17.1 Å². The van der Waals surface area contributed by atoms with Crippen LogP contribution in [0.25, 0.3) is 0 Å². The van der Waals surface area contributed by atoms with E-state index in [1.165, 1.54) is 17.8 Å². The highest BCUT2D eigenvalue weighted by atomic mass is 35.5. The van der Waals surface area contributed by atoms with Crippen molar-refractivity contribution < 1.29 is 9.90 Å². The fourth-order valence-corrected chi connectivity index (χ4v) is 3.68. The van der Waals surface area contributed by atoms with Crippen molar-refractivity contribution in [3.63, 3.8) is 0 Å². The molecule has 3 rings (SSSR count). The third-order valence-electron chi connectivity index (χ3n) is 5.23. The van der Waals surface area contributed by atoms with Gasteiger partial charge in [-0.1, -0.05) is 23.7 Å². The van der Waals surface area contributed by atoms with Gasteiger partial charge >= 0.3 is 0 Å². The predicted octanol–water partition coefficient (Wildman–Crippen LogP) is 3.32. The molecule has 2 heterocycles. The van der Waals surface area contributed by atoms with Crippen LogP contribution >= 0.6 is 11.6 Å². The maximum Gasteiger partial charge on any atom is 0.247 e. The van der Waals surface area contributed by atoms with Crippen LogP contribution in [0.2, 0.25) is 5.02 Å². The van der Waals surface area contributed by atoms with Gasteiger partial charge in [0.2, 0.25) is 11.5 Å². The van der Waals surface area contributed by atoms with Crippen molar-refractivity contribution in [2.45, 2.75) is 38.2 Å². The highest BCUT2D eigenvalue weighted by molar-refractivity contribution is 6.30. The molecule has 0 saturated carbocycles. The van der Waals surface area contributed by atoms with E-state index < -0.39 is 6.10 Å². The van der Waals surface area contributed by atoms with Gasteiger partial charge in [-0.05, 0) is 60.9 Å². The predicted molar refractivity (Wildman–Crippen MR) is 106 cm³/mol. The largest absolute Gasteiger partial charge is 0.388 e. The number of aliphatic hydroxyl groups is 1. The number of rotatable bonds is 6. The van der Waals surface area contributed by atoms with E-state index in [0.29, 0.717) is 24.3 Å². The number of pyridine rings is 1. The summed E-state index contributed by atoms with van der Waals surface area (Å²) in [5, 5.41) is 10.9. The Kier molecular flexibility index (Phi) is 6.69. The molecule has 1 unspecified atom stereocenters. The van der Waals surface area contributed by atoms with Crippen LogP contribution in [0.4, 0.5) is 0 Å². The zero-order valence-electron chi connectivity index (χ0n) is 15.2. The van der Waals surface area contributed by atoms with Crippen molar-refractivity contribution in [2.75, 3.05) is 13.1 Å². The number of amides is 1. The fraction of sp³-hybridized carbons (Fsp3) is 0.429. The number of carbonyl (C=O) groups is 1. The molecule has 1 aliphatic heterocycles. The minimum atomic E-state index is -0.742. The van der Waals surface area contributed by atoms with E-state index >= 15 is 0 Å². The molecule has 0 spiro atoms. The van der Waals surface area contributed by atoms with E-state index in [-0.39, 0.29) is 11.5 Å². The van der Waals surface area contributed by atoms with Crippen molar-refractivity contribution in [1.82, 2.24) is 9.88 Å². The Morgan fingerprint density at radius 1 is 1.19 bits per heavy atom. The maximum atomic E-state index is 12.4. The van der Waals surface area contributed by atoms with Crippen LogP contribution < -0.4 is 5.56 Å². The first-order chi connectivity index (χ1) is 13.0. The number of halogens is 1. The number of likely N-dealkylation sites (tertiary alicyclic amines) is 1. The molecule has 5 nitrogen and oxygen atoms in total. The van der Waals surface area contributed by atoms with Crippen molar-refractivity contribution in [3.05, 3.63) is 69.1 Å². The number of aromatic nitrogens is 1. The molecule has 0 bridgehead atoms. The van der Waals surface area contributed by atoms with Crippen LogP contribution in [0.5, 0.6) is 0 Å². The number of piperidine rings is 1. The fourth-order valence-electron chi connectivity index (χ4n) is 3.56. The number of hydrogen-bond donors (Lipinski definition) is 2. The van der Waals surface area contributed by atoms with Gasteiger partial charge in [0.25, 0.3) is 0 Å². The average molecular weight is 389 g/mol. The molecular weight excluding hydrogens is 364 g/mol. The van der Waals surface area contributed by atoms with Crippen LogP contribution in [0.15, 0.2) is 47.4 Å². The van der Waals surface area contributed by atoms with Gasteiger partial charge in [-0.25, -0.2) is 0 Å². The van der Waals surface area contributed by atoms with Crippen LogP contribution in [0.3, 0.4) is 0 Å². The first-order valence-electron chi connectivity index (χ1n) is 9.40. The summed E-state index contributed by atoms with van der Waals surface area (Å²) >= 11 is 5.93. The van der Waals surface area contributed by atoms with Crippen molar-refractivity contribution in [1.29, 1.82) is 0 Å². The van der Waals surface area contributed by atoms with E-state index in [4.69, 9.17) is 11.6 Å². The highest BCUT2D eigenvalue weighted by Crippen LogP contribution is 2.24. The smallest absolute Gasteiger partial charge is 0.247 e. The number of carbonyl (C=O) groups excluding carboxylic acids is 1. The SMILES string of the molecule is O=C(CCC(O)c1ccc(=O)[nH]c1)N1CCC(Cc2ccc(Cl)cc2)CC1. The second kappa shape index (κ2) is 9.20. The number of nitrogens with zero attached hydrogens (tertiary/aromatic N) is 1. The van der Waals surface area contributed by atoms with Gasteiger partial charge < -0.3 is 15.0 Å². The molecule has 27 heavy (non-hydrogen) atoms. The van der Waals surface area contributed by atoms with Crippen LogP contribution in [-0.2, 0) is 11.2 Å². The molecule has 1 fully saturated rings. The molecule has 1 aromatic heterocycles. The topological polar surface area (TPSA) is 73.4 Å². The monoisotopic (exact) mass is 388 g/mol. The first kappa shape index (κ1) is 19.6. The van der Waals surface area contributed by atoms with Gasteiger partial charge in [-0.2, -0.15) is 0 Å². The summed E-state index contributed by atoms with van der Waals surface area (Å²) < 4.78 is 0. The summed E-state index contributed by atoms with van der Waals surface area (Å²) in [6, 6.07) is 10.9. The second-order valence-electron chi connectivity index (χ2n) is 7.20. The van der Waals surface area contributed by atoms with Gasteiger partial charge in [0.15, 0.2) is 0 Å². The number of aromatic amines is 1. The molecule has 2 aromatic rings. The summed E-state index contributed by atoms with van der Waals surface area (Å²) in [7, 11) is 0. The summed E-state index contributed by atoms with van der Waals surface area (Å²) in [6.45, 7) is 1.54. The first-order valence-corrected chi connectivity index (χ1v) is 9.78. The van der Waals surface area contributed by atoms with Crippen LogP contribution in [0, 0.1) is 5.92 Å². The number of nitrogens with one attached hydrogen (secondary N) is 1. The van der Waals surface area contributed by atoms with Gasteiger partial charge in [0.1, 0.15) is 0 Å². The van der Waals surface area contributed by atoms with E-state index in [1.54, 1.807) is 6.07 Å². The highest BCUT2D eigenvalue weighted by Gasteiger charge is 2.23. The molecule has 1 amide bonds. The van der Waals surface area contributed by atoms with Gasteiger partial charge in [-0.15, -0.1) is 0 Å². The molecule has 2 N–H and O–H groups in total. The molecule has 1 saturated heterocycles. The number of H-pyrrole nitrogens is 1. The summed E-state index contributed by atoms with van der Waals surface area (Å²) in [5.41, 5.74) is 1.71. The third kappa shape index (κ3) is 5.68. The number of benzene rings is 1. The molecule has 1 aromatic carbocycles. The van der Waals surface area contributed by atoms with Gasteiger partial charge in [0.05, 0.1) is 6.10 Å². The van der Waals surface area contributed by atoms with E-state index in [0.717, 1.165) is 37.4 Å². The zero-order valence-corrected chi connectivity index (χ0v) is 16.0. The lowest BCUT2D eigenvalue weighted by Crippen LogP contribution is -2.38. The number of aliphatic hydroxyl groups excluding tert-OH is 1. The van der Waals surface area contributed by atoms with Crippen molar-refractivity contribution in [2.24, 2.45) is 5.92 Å². The van der Waals surface area contributed by atoms with E-state index in [1.807, 2.05) is 17.0 Å². The third-order valence-corrected chi connectivity index (χ3v) is 5.48. The Labute approximate surface area is 164 Å². The Bertz CT molecular complexity index is 790. The van der Waals surface area contributed by atoms with E-state index in [9.17, 15) is 14.7 Å². The Hall–Kier alpha value is -2.11. The lowest BCUT2D eigenvalue weighted by atomic mass is 9.90. The minimum Gasteiger partial charge on any atom is -0.388 e. The summed E-state index contributed by atoms with van der Waals surface area (Å²) in [4.78, 5) is 27.9. The molecule has 0 aliphatic carbocycles. The minimum absolute atomic E-state index is 0.0865. The maximum absolute atomic E-state index is 12.4. The van der Waals surface area contributed by atoms with Crippen LogP contribution in [-0.4, -0.2) is 34.0 Å². The Morgan fingerprint density at radius 3 is 2.52 bits per heavy atom. The van der Waals surface area contributed by atoms with Crippen molar-refractivity contribution >= 4 is 17.5 Å². The average Bonchev–Trinajstić information content (AvgIpc) is 2.69. The quantitative estimate of drug-likeness (QED) is 0.797. The summed E-state index contributed by atoms with van der Waals surface area (Å²) in [6.07, 6.45) is 4.43. The normalized spacial score (nSPS) is 16.3. The molecule has 0 radical (unpaired) electrons. The Morgan fingerprint density at radius 2 is 1.89 bits per heavy atom. The second-order valence-corrected chi connectivity index (χ2v) is 7.63. The van der Waals surface area contributed by atoms with Crippen molar-refractivity contribution in [3.8, 4) is 0 Å². The molecule has 1 aliphatic rings. The lowest BCUT2D eigenvalue weighted by Gasteiger charge is -2.32. The number of hydrogen-bond acceptors (Lipinski definition) is 3. The standard InChI is InChI=1S/C21H25ClN2O3/c22-18-4-1-15(2-5-18)13-16-9-11-24(12-10-16)21(27)8-6-19(25)17-3-7-20(26)23-14-17/h1-5,7,14,16,19,25H,6,8-13H2,(H,23,26). The van der Waals surface area contributed by atoms with Gasteiger partial charge in [0, 0.05) is 36.8 Å². The van der Waals surface area contributed by atoms with Crippen LogP contribution in [0.1, 0.15) is 42.9 Å². The Balaban J connectivity index is 1.42. The molecule has 6 heteroatoms. The molecular formula is C21H25ClN2O3. The lowest BCUT2D eigenvalue weighted by molar-refractivity contribution is -0.133. The molecule has 1 atom stereocenters. The van der Waals surface area contributed by atoms with Gasteiger partial charge in [-0.3, -0.25) is 9.59 Å². The zero-order chi connectivity index (χ0) is 19.2. The summed E-state index contributed by atoms with van der Waals surface area (Å²) in [5.74, 6) is 0.672. The molecule has 144 valence electrons.